The van der Waals surface area contributed by atoms with Crippen LogP contribution in [0, 0.1) is 0 Å². The van der Waals surface area contributed by atoms with Crippen molar-refractivity contribution in [1.29, 1.82) is 0 Å². The zero-order valence-corrected chi connectivity index (χ0v) is 12.8. The van der Waals surface area contributed by atoms with Gasteiger partial charge in [-0.1, -0.05) is 0 Å². The second-order valence-corrected chi connectivity index (χ2v) is 6.01. The van der Waals surface area contributed by atoms with Crippen LogP contribution < -0.4 is 0 Å². The Morgan fingerprint density at radius 3 is 2.76 bits per heavy atom. The lowest BCUT2D eigenvalue weighted by atomic mass is 10.0. The van der Waals surface area contributed by atoms with Gasteiger partial charge in [0.15, 0.2) is 0 Å². The molecule has 7 nitrogen and oxygen atoms in total. The molecule has 2 rings (SSSR count). The van der Waals surface area contributed by atoms with Crippen molar-refractivity contribution in [1.82, 2.24) is 14.7 Å². The lowest BCUT2D eigenvalue weighted by Crippen LogP contribution is -2.57. The molecular formula is C14H25N3O4. The van der Waals surface area contributed by atoms with Crippen molar-refractivity contribution in [2.24, 2.45) is 0 Å². The molecule has 0 saturated carbocycles. The third-order valence-corrected chi connectivity index (χ3v) is 4.28. The highest BCUT2D eigenvalue weighted by Crippen LogP contribution is 2.19. The van der Waals surface area contributed by atoms with E-state index in [1.165, 1.54) is 0 Å². The SMILES string of the molecule is CN(C)C1CCCN(C(=O)N2CCOCC2CC(=O)O)C1. The van der Waals surface area contributed by atoms with Crippen molar-refractivity contribution >= 4 is 12.0 Å². The van der Waals surface area contributed by atoms with Crippen molar-refractivity contribution in [3.8, 4) is 0 Å². The van der Waals surface area contributed by atoms with Crippen molar-refractivity contribution in [3.05, 3.63) is 0 Å². The monoisotopic (exact) mass is 299 g/mol. The van der Waals surface area contributed by atoms with E-state index in [1.54, 1.807) is 4.90 Å². The first-order chi connectivity index (χ1) is 9.99. The summed E-state index contributed by atoms with van der Waals surface area (Å²) in [5, 5.41) is 8.98. The fraction of sp³-hybridized carbons (Fsp3) is 0.857. The van der Waals surface area contributed by atoms with Gasteiger partial charge in [-0.25, -0.2) is 4.79 Å². The lowest BCUT2D eigenvalue weighted by Gasteiger charge is -2.42. The van der Waals surface area contributed by atoms with Crippen LogP contribution in [0.1, 0.15) is 19.3 Å². The smallest absolute Gasteiger partial charge is 0.320 e. The second-order valence-electron chi connectivity index (χ2n) is 6.01. The van der Waals surface area contributed by atoms with Gasteiger partial charge in [-0.2, -0.15) is 0 Å². The molecule has 2 amide bonds. The molecule has 120 valence electrons. The fourth-order valence-corrected chi connectivity index (χ4v) is 3.01. The number of rotatable bonds is 3. The molecule has 0 bridgehead atoms. The molecule has 2 saturated heterocycles. The number of aliphatic carboxylic acids is 1. The maximum absolute atomic E-state index is 12.7. The van der Waals surface area contributed by atoms with Crippen LogP contribution in [0.2, 0.25) is 0 Å². The van der Waals surface area contributed by atoms with E-state index in [9.17, 15) is 9.59 Å². The molecule has 7 heteroatoms. The summed E-state index contributed by atoms with van der Waals surface area (Å²) in [6, 6.07) is -0.0266. The maximum Gasteiger partial charge on any atom is 0.320 e. The van der Waals surface area contributed by atoms with Crippen LogP contribution in [0.15, 0.2) is 0 Å². The number of morpholine rings is 1. The van der Waals surface area contributed by atoms with Gasteiger partial charge >= 0.3 is 12.0 Å². The molecule has 1 N–H and O–H groups in total. The Morgan fingerprint density at radius 1 is 1.33 bits per heavy atom. The number of carbonyl (C=O) groups excluding carboxylic acids is 1. The minimum absolute atomic E-state index is 0.0453. The van der Waals surface area contributed by atoms with E-state index in [2.05, 4.69) is 4.90 Å². The molecule has 0 spiro atoms. The summed E-state index contributed by atoms with van der Waals surface area (Å²) < 4.78 is 5.33. The zero-order valence-electron chi connectivity index (χ0n) is 12.8. The van der Waals surface area contributed by atoms with Crippen LogP contribution in [0.4, 0.5) is 4.79 Å². The molecule has 2 fully saturated rings. The van der Waals surface area contributed by atoms with E-state index in [1.807, 2.05) is 19.0 Å². The average molecular weight is 299 g/mol. The zero-order chi connectivity index (χ0) is 15.4. The van der Waals surface area contributed by atoms with Crippen molar-refractivity contribution in [3.63, 3.8) is 0 Å². The molecule has 21 heavy (non-hydrogen) atoms. The van der Waals surface area contributed by atoms with Gasteiger partial charge in [0.1, 0.15) is 0 Å². The molecule has 0 aromatic rings. The third-order valence-electron chi connectivity index (χ3n) is 4.28. The van der Waals surface area contributed by atoms with Gasteiger partial charge in [0, 0.05) is 25.7 Å². The molecule has 2 aliphatic heterocycles. The summed E-state index contributed by atoms with van der Waals surface area (Å²) in [5.74, 6) is -0.895. The number of hydrogen-bond acceptors (Lipinski definition) is 4. The van der Waals surface area contributed by atoms with Gasteiger partial charge in [0.05, 0.1) is 25.7 Å². The first-order valence-corrected chi connectivity index (χ1v) is 7.50. The molecule has 2 aliphatic rings. The predicted molar refractivity (Wildman–Crippen MR) is 77.2 cm³/mol. The molecule has 0 radical (unpaired) electrons. The van der Waals surface area contributed by atoms with Gasteiger partial charge in [-0.3, -0.25) is 4.79 Å². The first kappa shape index (κ1) is 16.0. The average Bonchev–Trinajstić information content (AvgIpc) is 2.46. The minimum atomic E-state index is -0.895. The van der Waals surface area contributed by atoms with Crippen molar-refractivity contribution in [2.45, 2.75) is 31.3 Å². The van der Waals surface area contributed by atoms with Crippen LogP contribution in [-0.2, 0) is 9.53 Å². The lowest BCUT2D eigenvalue weighted by molar-refractivity contribution is -0.139. The van der Waals surface area contributed by atoms with E-state index < -0.39 is 5.97 Å². The Kier molecular flexibility index (Phi) is 5.41. The van der Waals surface area contributed by atoms with Gasteiger partial charge in [0.25, 0.3) is 0 Å². The van der Waals surface area contributed by atoms with Gasteiger partial charge in [0.2, 0.25) is 0 Å². The Balaban J connectivity index is 2.00. The summed E-state index contributed by atoms with van der Waals surface area (Å²) in [5.41, 5.74) is 0. The molecule has 2 heterocycles. The minimum Gasteiger partial charge on any atom is -0.481 e. The van der Waals surface area contributed by atoms with Crippen LogP contribution in [0.3, 0.4) is 0 Å². The van der Waals surface area contributed by atoms with Gasteiger partial charge < -0.3 is 24.5 Å². The molecule has 0 aromatic heterocycles. The largest absolute Gasteiger partial charge is 0.481 e. The Labute approximate surface area is 125 Å². The quantitative estimate of drug-likeness (QED) is 0.812. The number of carboxylic acid groups (broad SMARTS) is 1. The molecular weight excluding hydrogens is 274 g/mol. The van der Waals surface area contributed by atoms with Gasteiger partial charge in [-0.05, 0) is 26.9 Å². The summed E-state index contributed by atoms with van der Waals surface area (Å²) in [6.07, 6.45) is 2.03. The number of likely N-dealkylation sites (N-methyl/N-ethyl adjacent to an activating group) is 1. The highest BCUT2D eigenvalue weighted by molar-refractivity contribution is 5.76. The second kappa shape index (κ2) is 7.09. The summed E-state index contributed by atoms with van der Waals surface area (Å²) in [4.78, 5) is 29.3. The number of carbonyl (C=O) groups is 2. The van der Waals surface area contributed by atoms with Gasteiger partial charge in [-0.15, -0.1) is 0 Å². The molecule has 2 unspecified atom stereocenters. The Morgan fingerprint density at radius 2 is 2.10 bits per heavy atom. The number of amides is 2. The fourth-order valence-electron chi connectivity index (χ4n) is 3.01. The van der Waals surface area contributed by atoms with Crippen LogP contribution in [0.5, 0.6) is 0 Å². The highest BCUT2D eigenvalue weighted by atomic mass is 16.5. The first-order valence-electron chi connectivity index (χ1n) is 7.50. The number of carboxylic acids is 1. The molecule has 0 aromatic carbocycles. The summed E-state index contributed by atoms with van der Waals surface area (Å²) in [6.45, 7) is 2.72. The standard InChI is InChI=1S/C14H25N3O4/c1-15(2)11-4-3-5-16(9-11)14(20)17-6-7-21-10-12(17)8-13(18)19/h11-12H,3-10H2,1-2H3,(H,18,19). The predicted octanol–water partition coefficient (Wildman–Crippen LogP) is 0.308. The topological polar surface area (TPSA) is 73.3 Å². The number of likely N-dealkylation sites (tertiary alicyclic amines) is 1. The van der Waals surface area contributed by atoms with E-state index in [0.29, 0.717) is 32.3 Å². The number of nitrogens with zero attached hydrogens (tertiary/aromatic N) is 3. The van der Waals surface area contributed by atoms with Crippen molar-refractivity contribution in [2.75, 3.05) is 46.9 Å². The number of urea groups is 1. The number of piperidine rings is 1. The third kappa shape index (κ3) is 4.07. The normalized spacial score (nSPS) is 27.0. The van der Waals surface area contributed by atoms with E-state index in [0.717, 1.165) is 19.4 Å². The molecule has 0 aliphatic carbocycles. The van der Waals surface area contributed by atoms with Crippen LogP contribution in [0.25, 0.3) is 0 Å². The number of hydrogen-bond donors (Lipinski definition) is 1. The summed E-state index contributed by atoms with van der Waals surface area (Å²) in [7, 11) is 4.06. The van der Waals surface area contributed by atoms with Crippen LogP contribution >= 0.6 is 0 Å². The van der Waals surface area contributed by atoms with E-state index >= 15 is 0 Å². The molecule has 2 atom stereocenters. The highest BCUT2D eigenvalue weighted by Gasteiger charge is 2.34. The van der Waals surface area contributed by atoms with E-state index in [4.69, 9.17) is 9.84 Å². The Hall–Kier alpha value is -1.34. The van der Waals surface area contributed by atoms with Crippen molar-refractivity contribution < 1.29 is 19.4 Å². The Bertz CT molecular complexity index is 388. The summed E-state index contributed by atoms with van der Waals surface area (Å²) >= 11 is 0. The number of ether oxygens (including phenoxy) is 1. The van der Waals surface area contributed by atoms with E-state index in [-0.39, 0.29) is 18.5 Å². The maximum atomic E-state index is 12.7. The van der Waals surface area contributed by atoms with Crippen LogP contribution in [-0.4, -0.2) is 90.8 Å².